The van der Waals surface area contributed by atoms with Crippen LogP contribution in [0.4, 0.5) is 0 Å². The number of Topliss-reactive ketones (excluding diaryl/α,β-unsaturated/α-hetero) is 1. The van der Waals surface area contributed by atoms with Gasteiger partial charge in [0, 0.05) is 18.5 Å². The van der Waals surface area contributed by atoms with E-state index < -0.39 is 0 Å². The zero-order valence-electron chi connectivity index (χ0n) is 14.1. The van der Waals surface area contributed by atoms with Crippen molar-refractivity contribution in [3.63, 3.8) is 0 Å². The van der Waals surface area contributed by atoms with E-state index in [0.717, 1.165) is 42.4 Å². The number of aromatic nitrogens is 3. The number of hydrogen-bond donors (Lipinski definition) is 0. The highest BCUT2D eigenvalue weighted by Crippen LogP contribution is 2.29. The van der Waals surface area contributed by atoms with Crippen LogP contribution in [0.25, 0.3) is 0 Å². The smallest absolute Gasteiger partial charge is 0.191 e. The normalized spacial score (nSPS) is 17.9. The third-order valence-electron chi connectivity index (χ3n) is 5.11. The summed E-state index contributed by atoms with van der Waals surface area (Å²) in [4.78, 5) is 12.8. The Morgan fingerprint density at radius 1 is 1.08 bits per heavy atom. The Morgan fingerprint density at radius 3 is 2.88 bits per heavy atom. The standard InChI is InChI=1S/C19H23N3OS/c1-13(18(23)16-10-9-14-6-5-7-15(14)12-16)24-19-21-20-17-8-3-2-4-11-22(17)19/h9-10,12-13H,2-8,11H2,1H3/t13-/m1/s1. The van der Waals surface area contributed by atoms with Crippen LogP contribution in [0.15, 0.2) is 23.4 Å². The second-order valence-electron chi connectivity index (χ2n) is 6.82. The first-order chi connectivity index (χ1) is 11.7. The summed E-state index contributed by atoms with van der Waals surface area (Å²) < 4.78 is 2.21. The number of carbonyl (C=O) groups excluding carboxylic acids is 1. The predicted octanol–water partition coefficient (Wildman–Crippen LogP) is 3.86. The Hall–Kier alpha value is -1.62. The van der Waals surface area contributed by atoms with Crippen molar-refractivity contribution in [2.24, 2.45) is 0 Å². The van der Waals surface area contributed by atoms with E-state index in [-0.39, 0.29) is 11.0 Å². The number of carbonyl (C=O) groups is 1. The maximum Gasteiger partial charge on any atom is 0.191 e. The van der Waals surface area contributed by atoms with Gasteiger partial charge in [-0.3, -0.25) is 4.79 Å². The van der Waals surface area contributed by atoms with Gasteiger partial charge in [0.05, 0.1) is 5.25 Å². The van der Waals surface area contributed by atoms with E-state index in [0.29, 0.717) is 0 Å². The molecule has 0 bridgehead atoms. The average Bonchev–Trinajstić information content (AvgIpc) is 3.14. The first-order valence-electron chi connectivity index (χ1n) is 8.97. The number of thioether (sulfide) groups is 1. The summed E-state index contributed by atoms with van der Waals surface area (Å²) in [6.07, 6.45) is 8.08. The van der Waals surface area contributed by atoms with Gasteiger partial charge in [0.15, 0.2) is 10.9 Å². The van der Waals surface area contributed by atoms with Gasteiger partial charge in [0.25, 0.3) is 0 Å². The van der Waals surface area contributed by atoms with Crippen molar-refractivity contribution in [2.75, 3.05) is 0 Å². The maximum absolute atomic E-state index is 12.8. The van der Waals surface area contributed by atoms with Gasteiger partial charge in [-0.2, -0.15) is 0 Å². The van der Waals surface area contributed by atoms with Crippen molar-refractivity contribution in [1.82, 2.24) is 14.8 Å². The highest BCUT2D eigenvalue weighted by molar-refractivity contribution is 8.00. The first-order valence-corrected chi connectivity index (χ1v) is 9.85. The van der Waals surface area contributed by atoms with E-state index in [1.54, 1.807) is 11.8 Å². The molecule has 1 aliphatic carbocycles. The Labute approximate surface area is 147 Å². The molecule has 0 amide bonds. The van der Waals surface area contributed by atoms with E-state index >= 15 is 0 Å². The Bertz CT molecular complexity index is 768. The van der Waals surface area contributed by atoms with Gasteiger partial charge in [-0.15, -0.1) is 10.2 Å². The van der Waals surface area contributed by atoms with Crippen molar-refractivity contribution < 1.29 is 4.79 Å². The molecule has 1 atom stereocenters. The van der Waals surface area contributed by atoms with Crippen LogP contribution < -0.4 is 0 Å². The zero-order valence-corrected chi connectivity index (χ0v) is 14.9. The minimum Gasteiger partial charge on any atom is -0.306 e. The van der Waals surface area contributed by atoms with Gasteiger partial charge >= 0.3 is 0 Å². The molecule has 2 aromatic rings. The fourth-order valence-electron chi connectivity index (χ4n) is 3.72. The number of rotatable bonds is 4. The molecule has 0 unspecified atom stereocenters. The van der Waals surface area contributed by atoms with Crippen LogP contribution in [-0.2, 0) is 25.8 Å². The van der Waals surface area contributed by atoms with E-state index in [1.807, 2.05) is 13.0 Å². The van der Waals surface area contributed by atoms with Gasteiger partial charge < -0.3 is 4.57 Å². The number of benzene rings is 1. The van der Waals surface area contributed by atoms with E-state index in [1.165, 1.54) is 36.8 Å². The molecule has 1 aromatic carbocycles. The SMILES string of the molecule is C[C@@H](Sc1nnc2n1CCCCC2)C(=O)c1ccc2c(c1)CCC2. The number of hydrogen-bond acceptors (Lipinski definition) is 4. The molecule has 0 N–H and O–H groups in total. The fraction of sp³-hybridized carbons (Fsp3) is 0.526. The lowest BCUT2D eigenvalue weighted by atomic mass is 10.0. The Kier molecular flexibility index (Phi) is 4.44. The molecular weight excluding hydrogens is 318 g/mol. The van der Waals surface area contributed by atoms with Crippen LogP contribution in [-0.4, -0.2) is 25.8 Å². The van der Waals surface area contributed by atoms with Crippen LogP contribution in [0.3, 0.4) is 0 Å². The minimum absolute atomic E-state index is 0.138. The molecule has 0 fully saturated rings. The molecule has 4 nitrogen and oxygen atoms in total. The second-order valence-corrected chi connectivity index (χ2v) is 8.13. The molecule has 0 radical (unpaired) electrons. The van der Waals surface area contributed by atoms with Crippen LogP contribution in [0, 0.1) is 0 Å². The molecule has 126 valence electrons. The predicted molar refractivity (Wildman–Crippen MR) is 95.7 cm³/mol. The molecule has 24 heavy (non-hydrogen) atoms. The summed E-state index contributed by atoms with van der Waals surface area (Å²) in [7, 11) is 0. The minimum atomic E-state index is -0.138. The number of aryl methyl sites for hydroxylation is 3. The molecule has 2 aliphatic rings. The van der Waals surface area contributed by atoms with Gasteiger partial charge in [-0.25, -0.2) is 0 Å². The number of fused-ring (bicyclic) bond motifs is 2. The van der Waals surface area contributed by atoms with Crippen molar-refractivity contribution in [1.29, 1.82) is 0 Å². The van der Waals surface area contributed by atoms with Crippen LogP contribution in [0.1, 0.15) is 59.9 Å². The molecule has 2 heterocycles. The molecule has 0 saturated heterocycles. The van der Waals surface area contributed by atoms with Crippen LogP contribution in [0.5, 0.6) is 0 Å². The summed E-state index contributed by atoms with van der Waals surface area (Å²) in [5.41, 5.74) is 3.61. The first kappa shape index (κ1) is 15.9. The van der Waals surface area contributed by atoms with Crippen LogP contribution in [0.2, 0.25) is 0 Å². The molecule has 1 aliphatic heterocycles. The van der Waals surface area contributed by atoms with Gasteiger partial charge in [-0.05, 0) is 56.2 Å². The van der Waals surface area contributed by atoms with Crippen molar-refractivity contribution in [2.45, 2.75) is 68.8 Å². The van der Waals surface area contributed by atoms with Crippen molar-refractivity contribution in [3.05, 3.63) is 40.7 Å². The maximum atomic E-state index is 12.8. The zero-order chi connectivity index (χ0) is 16.5. The fourth-order valence-corrected chi connectivity index (χ4v) is 4.69. The average molecular weight is 341 g/mol. The molecule has 0 saturated carbocycles. The van der Waals surface area contributed by atoms with Crippen LogP contribution >= 0.6 is 11.8 Å². The molecule has 1 aromatic heterocycles. The summed E-state index contributed by atoms with van der Waals surface area (Å²) in [6.45, 7) is 2.96. The van der Waals surface area contributed by atoms with Crippen molar-refractivity contribution >= 4 is 17.5 Å². The van der Waals surface area contributed by atoms with E-state index in [4.69, 9.17) is 0 Å². The Morgan fingerprint density at radius 2 is 1.96 bits per heavy atom. The molecule has 0 spiro atoms. The van der Waals surface area contributed by atoms with E-state index in [9.17, 15) is 4.79 Å². The van der Waals surface area contributed by atoms with Gasteiger partial charge in [-0.1, -0.05) is 30.3 Å². The molecular formula is C19H23N3OS. The third kappa shape index (κ3) is 3.02. The summed E-state index contributed by atoms with van der Waals surface area (Å²) in [6, 6.07) is 6.23. The quantitative estimate of drug-likeness (QED) is 0.626. The van der Waals surface area contributed by atoms with E-state index in [2.05, 4.69) is 26.9 Å². The van der Waals surface area contributed by atoms with Gasteiger partial charge in [0.2, 0.25) is 0 Å². The lowest BCUT2D eigenvalue weighted by Gasteiger charge is -2.12. The third-order valence-corrected chi connectivity index (χ3v) is 6.19. The number of ketones is 1. The highest BCUT2D eigenvalue weighted by atomic mass is 32.2. The molecule has 5 heteroatoms. The monoisotopic (exact) mass is 341 g/mol. The van der Waals surface area contributed by atoms with Gasteiger partial charge in [0.1, 0.15) is 5.82 Å². The number of nitrogens with zero attached hydrogens (tertiary/aromatic N) is 3. The summed E-state index contributed by atoms with van der Waals surface area (Å²) in [5.74, 6) is 1.27. The summed E-state index contributed by atoms with van der Waals surface area (Å²) >= 11 is 1.55. The highest BCUT2D eigenvalue weighted by Gasteiger charge is 2.23. The van der Waals surface area contributed by atoms with Crippen molar-refractivity contribution in [3.8, 4) is 0 Å². The molecule has 4 rings (SSSR count). The lowest BCUT2D eigenvalue weighted by Crippen LogP contribution is -2.15. The Balaban J connectivity index is 1.51. The largest absolute Gasteiger partial charge is 0.306 e. The topological polar surface area (TPSA) is 47.8 Å². The second kappa shape index (κ2) is 6.71. The lowest BCUT2D eigenvalue weighted by molar-refractivity contribution is 0.0993. The summed E-state index contributed by atoms with van der Waals surface area (Å²) in [5, 5.41) is 9.43.